The third-order valence-electron chi connectivity index (χ3n) is 6.66. The Morgan fingerprint density at radius 2 is 1.78 bits per heavy atom. The van der Waals surface area contributed by atoms with Gasteiger partial charge in [0.2, 0.25) is 0 Å². The second kappa shape index (κ2) is 8.96. The van der Waals surface area contributed by atoms with E-state index in [9.17, 15) is 4.79 Å². The Hall–Kier alpha value is -2.83. The van der Waals surface area contributed by atoms with Crippen LogP contribution < -0.4 is 20.4 Å². The summed E-state index contributed by atoms with van der Waals surface area (Å²) >= 11 is 1.77. The summed E-state index contributed by atoms with van der Waals surface area (Å²) in [5.74, 6) is 0.0561. The van der Waals surface area contributed by atoms with Gasteiger partial charge in [0.25, 0.3) is 5.91 Å². The number of hydrogen-bond acceptors (Lipinski definition) is 4. The van der Waals surface area contributed by atoms with Gasteiger partial charge in [0, 0.05) is 30.8 Å². The van der Waals surface area contributed by atoms with Crippen molar-refractivity contribution in [1.82, 2.24) is 5.32 Å². The fraction of sp³-hybridized carbons (Fsp3) is 0.346. The maximum absolute atomic E-state index is 13.1. The maximum Gasteiger partial charge on any atom is 0.256 e. The van der Waals surface area contributed by atoms with E-state index in [4.69, 9.17) is 0 Å². The number of nitrogens with one attached hydrogen (secondary N) is 3. The number of carbonyl (C=O) groups excluding carboxylic acids is 1. The zero-order chi connectivity index (χ0) is 22.1. The number of hydrogen-bond donors (Lipinski definition) is 3. The number of quaternary nitrogens is 1. The molecule has 3 N–H and O–H groups in total. The molecule has 2 atom stereocenters. The lowest BCUT2D eigenvalue weighted by atomic mass is 10.00. The van der Waals surface area contributed by atoms with E-state index in [0.717, 1.165) is 55.3 Å². The predicted octanol–water partition coefficient (Wildman–Crippen LogP) is 3.59. The van der Waals surface area contributed by atoms with Crippen molar-refractivity contribution in [1.29, 1.82) is 0 Å². The molecule has 32 heavy (non-hydrogen) atoms. The van der Waals surface area contributed by atoms with Crippen molar-refractivity contribution in [3.8, 4) is 0 Å². The fourth-order valence-electron chi connectivity index (χ4n) is 4.92. The van der Waals surface area contributed by atoms with Gasteiger partial charge < -0.3 is 20.4 Å². The largest absolute Gasteiger partial charge is 0.372 e. The number of fused-ring (bicyclic) bond motifs is 3. The van der Waals surface area contributed by atoms with E-state index in [1.54, 1.807) is 16.2 Å². The quantitative estimate of drug-likeness (QED) is 0.541. The van der Waals surface area contributed by atoms with E-state index in [1.165, 1.54) is 21.7 Å². The van der Waals surface area contributed by atoms with Crippen molar-refractivity contribution in [3.05, 3.63) is 81.7 Å². The first kappa shape index (κ1) is 21.0. The highest BCUT2D eigenvalue weighted by Crippen LogP contribution is 2.39. The standard InChI is InChI=1S/C26H30N4OS/c1-3-30(4-2)20-12-10-19(11-13-20)24-27-25(31)23-21-14-15-29(16-18-8-6-5-7-9-18)17-22(21)32-26(23)28-24/h5-13,24,28H,3-4,14-17H2,1-2H3,(H,27,31)/p+1/t24-/m1/s1. The molecular weight excluding hydrogens is 416 g/mol. The van der Waals surface area contributed by atoms with Crippen LogP contribution >= 0.6 is 11.3 Å². The average Bonchev–Trinajstić information content (AvgIpc) is 3.19. The average molecular weight is 448 g/mol. The number of rotatable bonds is 6. The molecule has 0 bridgehead atoms. The molecule has 1 amide bonds. The second-order valence-corrected chi connectivity index (χ2v) is 9.72. The van der Waals surface area contributed by atoms with E-state index in [-0.39, 0.29) is 12.1 Å². The summed E-state index contributed by atoms with van der Waals surface area (Å²) in [6.45, 7) is 9.40. The normalized spacial score (nSPS) is 19.5. The summed E-state index contributed by atoms with van der Waals surface area (Å²) in [6, 6.07) is 19.2. The van der Waals surface area contributed by atoms with Gasteiger partial charge in [-0.05, 0) is 37.1 Å². The van der Waals surface area contributed by atoms with Crippen molar-refractivity contribution in [2.45, 2.75) is 39.5 Å². The minimum Gasteiger partial charge on any atom is -0.372 e. The molecule has 0 radical (unpaired) electrons. The first-order valence-corrected chi connectivity index (χ1v) is 12.4. The van der Waals surface area contributed by atoms with Gasteiger partial charge in [-0.25, -0.2) is 0 Å². The molecule has 2 aliphatic heterocycles. The zero-order valence-electron chi connectivity index (χ0n) is 18.8. The molecule has 1 unspecified atom stereocenters. The highest BCUT2D eigenvalue weighted by Gasteiger charge is 2.34. The summed E-state index contributed by atoms with van der Waals surface area (Å²) < 4.78 is 0. The van der Waals surface area contributed by atoms with E-state index >= 15 is 0 Å². The lowest BCUT2D eigenvalue weighted by Gasteiger charge is -2.28. The van der Waals surface area contributed by atoms with Crippen LogP contribution in [0.4, 0.5) is 10.7 Å². The van der Waals surface area contributed by atoms with Crippen molar-refractivity contribution in [2.75, 3.05) is 29.9 Å². The summed E-state index contributed by atoms with van der Waals surface area (Å²) in [5.41, 5.74) is 5.80. The molecule has 3 aromatic rings. The molecule has 2 aromatic carbocycles. The molecule has 0 saturated heterocycles. The molecular formula is C26H31N4OS+. The Morgan fingerprint density at radius 3 is 2.50 bits per heavy atom. The minimum atomic E-state index is -0.186. The van der Waals surface area contributed by atoms with Crippen LogP contribution in [-0.4, -0.2) is 25.5 Å². The summed E-state index contributed by atoms with van der Waals surface area (Å²) in [7, 11) is 0. The molecule has 0 fully saturated rings. The van der Waals surface area contributed by atoms with E-state index in [2.05, 4.69) is 84.0 Å². The van der Waals surface area contributed by atoms with Crippen LogP contribution in [0.5, 0.6) is 0 Å². The first-order valence-electron chi connectivity index (χ1n) is 11.6. The lowest BCUT2D eigenvalue weighted by molar-refractivity contribution is -0.929. The number of amides is 1. The monoisotopic (exact) mass is 447 g/mol. The number of thiophene rings is 1. The molecule has 0 saturated carbocycles. The van der Waals surface area contributed by atoms with Crippen LogP contribution in [0, 0.1) is 0 Å². The number of benzene rings is 2. The molecule has 0 spiro atoms. The van der Waals surface area contributed by atoms with Gasteiger partial charge >= 0.3 is 0 Å². The first-order chi connectivity index (χ1) is 15.7. The van der Waals surface area contributed by atoms with E-state index < -0.39 is 0 Å². The smallest absolute Gasteiger partial charge is 0.256 e. The van der Waals surface area contributed by atoms with Gasteiger partial charge in [-0.1, -0.05) is 42.5 Å². The Kier molecular flexibility index (Phi) is 5.89. The number of anilines is 2. The van der Waals surface area contributed by atoms with Crippen molar-refractivity contribution in [3.63, 3.8) is 0 Å². The Morgan fingerprint density at radius 1 is 1.03 bits per heavy atom. The molecule has 0 aliphatic carbocycles. The third kappa shape index (κ3) is 4.00. The van der Waals surface area contributed by atoms with Crippen LogP contribution in [-0.2, 0) is 19.5 Å². The van der Waals surface area contributed by atoms with Crippen LogP contribution in [0.1, 0.15) is 51.9 Å². The van der Waals surface area contributed by atoms with Crippen molar-refractivity contribution < 1.29 is 9.69 Å². The zero-order valence-corrected chi connectivity index (χ0v) is 19.6. The van der Waals surface area contributed by atoms with Crippen LogP contribution in [0.25, 0.3) is 0 Å². The Balaban J connectivity index is 1.33. The SMILES string of the molecule is CCN(CC)c1ccc([C@@H]2NC(=O)c3c(sc4c3CC[NH+](Cc3ccccc3)C4)N2)cc1. The predicted molar refractivity (Wildman–Crippen MR) is 132 cm³/mol. The molecule has 5 nitrogen and oxygen atoms in total. The van der Waals surface area contributed by atoms with Gasteiger partial charge in [0.1, 0.15) is 24.3 Å². The van der Waals surface area contributed by atoms with Gasteiger partial charge in [-0.2, -0.15) is 0 Å². The molecule has 2 aliphatic rings. The minimum absolute atomic E-state index is 0.0561. The van der Waals surface area contributed by atoms with Crippen molar-refractivity contribution in [2.24, 2.45) is 0 Å². The maximum atomic E-state index is 13.1. The van der Waals surface area contributed by atoms with Gasteiger partial charge in [0.05, 0.1) is 17.0 Å². The Bertz CT molecular complexity index is 1090. The van der Waals surface area contributed by atoms with Crippen molar-refractivity contribution >= 4 is 27.9 Å². The number of nitrogens with zero attached hydrogens (tertiary/aromatic N) is 1. The summed E-state index contributed by atoms with van der Waals surface area (Å²) in [6.07, 6.45) is 0.774. The molecule has 5 rings (SSSR count). The van der Waals surface area contributed by atoms with E-state index in [0.29, 0.717) is 0 Å². The fourth-order valence-corrected chi connectivity index (χ4v) is 6.26. The van der Waals surface area contributed by atoms with Crippen LogP contribution in [0.15, 0.2) is 54.6 Å². The summed E-state index contributed by atoms with van der Waals surface area (Å²) in [4.78, 5) is 18.3. The highest BCUT2D eigenvalue weighted by molar-refractivity contribution is 7.16. The molecule has 3 heterocycles. The molecule has 6 heteroatoms. The van der Waals surface area contributed by atoms with E-state index in [1.807, 2.05) is 0 Å². The van der Waals surface area contributed by atoms with Gasteiger partial charge in [-0.3, -0.25) is 4.79 Å². The highest BCUT2D eigenvalue weighted by atomic mass is 32.1. The topological polar surface area (TPSA) is 48.8 Å². The van der Waals surface area contributed by atoms with Crippen LogP contribution in [0.2, 0.25) is 0 Å². The Labute approximate surface area is 194 Å². The van der Waals surface area contributed by atoms with Gasteiger partial charge in [0.15, 0.2) is 0 Å². The molecule has 166 valence electrons. The van der Waals surface area contributed by atoms with Gasteiger partial charge in [-0.15, -0.1) is 11.3 Å². The number of carbonyl (C=O) groups is 1. The lowest BCUT2D eigenvalue weighted by Crippen LogP contribution is -3.10. The van der Waals surface area contributed by atoms with Crippen LogP contribution in [0.3, 0.4) is 0 Å². The summed E-state index contributed by atoms with van der Waals surface area (Å²) in [5, 5.41) is 7.82. The molecule has 1 aromatic heterocycles. The second-order valence-electron chi connectivity index (χ2n) is 8.61. The third-order valence-corrected chi connectivity index (χ3v) is 7.82.